The second-order valence-electron chi connectivity index (χ2n) is 9.77. The number of nitrogens with zero attached hydrogens (tertiary/aromatic N) is 3. The van der Waals surface area contributed by atoms with Crippen molar-refractivity contribution in [3.05, 3.63) is 80.4 Å². The van der Waals surface area contributed by atoms with Gasteiger partial charge < -0.3 is 19.7 Å². The summed E-state index contributed by atoms with van der Waals surface area (Å²) in [6.45, 7) is 3.85. The molecule has 2 fully saturated rings. The van der Waals surface area contributed by atoms with Gasteiger partial charge in [-0.1, -0.05) is 12.1 Å². The zero-order valence-corrected chi connectivity index (χ0v) is 20.3. The number of pyridine rings is 1. The molecule has 5 heterocycles. The molecule has 3 aromatic rings. The van der Waals surface area contributed by atoms with Crippen molar-refractivity contribution < 1.29 is 9.59 Å². The third kappa shape index (κ3) is 4.16. The van der Waals surface area contributed by atoms with Gasteiger partial charge in [-0.2, -0.15) is 0 Å². The molecule has 7 nitrogen and oxygen atoms in total. The lowest BCUT2D eigenvalue weighted by Gasteiger charge is -2.44. The fraction of sp³-hybridized carbons (Fsp3) is 0.370. The van der Waals surface area contributed by atoms with Crippen molar-refractivity contribution in [2.45, 2.75) is 31.7 Å². The van der Waals surface area contributed by atoms with Crippen LogP contribution in [0.25, 0.3) is 0 Å². The largest absolute Gasteiger partial charge is 0.369 e. The van der Waals surface area contributed by atoms with Gasteiger partial charge in [-0.3, -0.25) is 14.4 Å². The number of thiophene rings is 1. The molecule has 6 rings (SSSR count). The van der Waals surface area contributed by atoms with Crippen molar-refractivity contribution in [1.29, 1.82) is 0 Å². The standard InChI is InChI=1S/C27H28N4O3S/c32-25-7-3-5-22-20-13-18(16-31(22)25)15-30(17-20)23-9-8-19(27(34)29-10-1-2-11-29)14-21(23)28-26(33)24-6-4-12-35-24/h3-9,12,14,18,20H,1-2,10-11,13,15-17H2,(H,28,33). The van der Waals surface area contributed by atoms with Gasteiger partial charge in [0.25, 0.3) is 17.4 Å². The van der Waals surface area contributed by atoms with Gasteiger partial charge in [-0.25, -0.2) is 0 Å². The zero-order chi connectivity index (χ0) is 23.9. The molecule has 2 bridgehead atoms. The lowest BCUT2D eigenvalue weighted by molar-refractivity contribution is 0.0792. The normalized spacial score (nSPS) is 21.0. The van der Waals surface area contributed by atoms with Gasteiger partial charge in [0.15, 0.2) is 0 Å². The van der Waals surface area contributed by atoms with Crippen LogP contribution in [0.1, 0.15) is 50.9 Å². The number of fused-ring (bicyclic) bond motifs is 4. The van der Waals surface area contributed by atoms with Gasteiger partial charge in [0, 0.05) is 56.0 Å². The summed E-state index contributed by atoms with van der Waals surface area (Å²) in [5, 5.41) is 4.98. The van der Waals surface area contributed by atoms with E-state index in [0.717, 1.165) is 56.8 Å². The number of carbonyl (C=O) groups is 2. The van der Waals surface area contributed by atoms with E-state index in [1.807, 2.05) is 45.2 Å². The number of hydrogen-bond acceptors (Lipinski definition) is 5. The molecule has 2 unspecified atom stereocenters. The highest BCUT2D eigenvalue weighted by molar-refractivity contribution is 7.12. The van der Waals surface area contributed by atoms with E-state index in [-0.39, 0.29) is 23.3 Å². The van der Waals surface area contributed by atoms with Crippen LogP contribution in [0.2, 0.25) is 0 Å². The van der Waals surface area contributed by atoms with Crippen LogP contribution in [0.15, 0.2) is 58.7 Å². The Labute approximate surface area is 208 Å². The van der Waals surface area contributed by atoms with Gasteiger partial charge in [-0.05, 0) is 60.9 Å². The molecule has 3 aliphatic rings. The minimum atomic E-state index is -0.166. The summed E-state index contributed by atoms with van der Waals surface area (Å²) >= 11 is 1.40. The topological polar surface area (TPSA) is 74.7 Å². The summed E-state index contributed by atoms with van der Waals surface area (Å²) < 4.78 is 1.92. The van der Waals surface area contributed by atoms with E-state index in [1.54, 1.807) is 12.1 Å². The predicted octanol–water partition coefficient (Wildman–Crippen LogP) is 4.02. The van der Waals surface area contributed by atoms with Crippen molar-refractivity contribution in [2.75, 3.05) is 36.4 Å². The van der Waals surface area contributed by atoms with Crippen molar-refractivity contribution in [2.24, 2.45) is 5.92 Å². The summed E-state index contributed by atoms with van der Waals surface area (Å²) in [4.78, 5) is 43.3. The van der Waals surface area contributed by atoms with Gasteiger partial charge in [0.2, 0.25) is 0 Å². The number of piperidine rings is 1. The third-order valence-corrected chi connectivity index (χ3v) is 8.32. The van der Waals surface area contributed by atoms with Crippen molar-refractivity contribution in [3.8, 4) is 0 Å². The molecule has 0 saturated carbocycles. The highest BCUT2D eigenvalue weighted by Crippen LogP contribution is 2.39. The fourth-order valence-electron chi connectivity index (χ4n) is 5.83. The maximum Gasteiger partial charge on any atom is 0.265 e. The summed E-state index contributed by atoms with van der Waals surface area (Å²) in [6, 6.07) is 14.9. The van der Waals surface area contributed by atoms with E-state index in [9.17, 15) is 14.4 Å². The Morgan fingerprint density at radius 2 is 1.83 bits per heavy atom. The molecule has 0 spiro atoms. The second-order valence-corrected chi connectivity index (χ2v) is 10.7. The van der Waals surface area contributed by atoms with Crippen molar-refractivity contribution >= 4 is 34.5 Å². The average Bonchev–Trinajstić information content (AvgIpc) is 3.59. The van der Waals surface area contributed by atoms with Crippen LogP contribution < -0.4 is 15.8 Å². The molecule has 0 aliphatic carbocycles. The van der Waals surface area contributed by atoms with E-state index in [1.165, 1.54) is 11.3 Å². The van der Waals surface area contributed by atoms with E-state index in [2.05, 4.69) is 16.3 Å². The molecule has 180 valence electrons. The van der Waals surface area contributed by atoms with E-state index in [0.29, 0.717) is 28.6 Å². The molecule has 1 N–H and O–H groups in total. The molecule has 2 atom stereocenters. The zero-order valence-electron chi connectivity index (χ0n) is 19.5. The Morgan fingerprint density at radius 3 is 2.63 bits per heavy atom. The Morgan fingerprint density at radius 1 is 0.971 bits per heavy atom. The summed E-state index contributed by atoms with van der Waals surface area (Å²) in [5.74, 6) is 0.460. The molecule has 8 heteroatoms. The smallest absolute Gasteiger partial charge is 0.265 e. The summed E-state index contributed by atoms with van der Waals surface area (Å²) in [7, 11) is 0. The third-order valence-electron chi connectivity index (χ3n) is 7.45. The SMILES string of the molecule is O=C(Nc1cc(C(=O)N2CCCC2)ccc1N1CC2CC(C1)c1cccc(=O)n1C2)c1cccs1. The van der Waals surface area contributed by atoms with Gasteiger partial charge >= 0.3 is 0 Å². The first-order chi connectivity index (χ1) is 17.1. The maximum atomic E-state index is 13.1. The predicted molar refractivity (Wildman–Crippen MR) is 138 cm³/mol. The first kappa shape index (κ1) is 22.1. The van der Waals surface area contributed by atoms with Crippen LogP contribution in [0, 0.1) is 5.92 Å². The maximum absolute atomic E-state index is 13.1. The van der Waals surface area contributed by atoms with Crippen LogP contribution in [0.4, 0.5) is 11.4 Å². The van der Waals surface area contributed by atoms with Crippen molar-refractivity contribution in [1.82, 2.24) is 9.47 Å². The highest BCUT2D eigenvalue weighted by Gasteiger charge is 2.35. The lowest BCUT2D eigenvalue weighted by Crippen LogP contribution is -2.47. The Balaban J connectivity index is 1.34. The number of anilines is 2. The lowest BCUT2D eigenvalue weighted by atomic mass is 9.83. The molecule has 35 heavy (non-hydrogen) atoms. The number of likely N-dealkylation sites (tertiary alicyclic amines) is 1. The highest BCUT2D eigenvalue weighted by atomic mass is 32.1. The van der Waals surface area contributed by atoms with E-state index in [4.69, 9.17) is 0 Å². The first-order valence-corrected chi connectivity index (χ1v) is 13.2. The van der Waals surface area contributed by atoms with Gasteiger partial charge in [-0.15, -0.1) is 11.3 Å². The van der Waals surface area contributed by atoms with E-state index >= 15 is 0 Å². The van der Waals surface area contributed by atoms with Crippen LogP contribution in [0.5, 0.6) is 0 Å². The van der Waals surface area contributed by atoms with Crippen molar-refractivity contribution in [3.63, 3.8) is 0 Å². The minimum absolute atomic E-state index is 0.0180. The molecule has 3 aliphatic heterocycles. The summed E-state index contributed by atoms with van der Waals surface area (Å²) in [5.41, 5.74) is 3.35. The number of nitrogens with one attached hydrogen (secondary N) is 1. The summed E-state index contributed by atoms with van der Waals surface area (Å²) in [6.07, 6.45) is 3.13. The monoisotopic (exact) mass is 488 g/mol. The second kappa shape index (κ2) is 9.00. The van der Waals surface area contributed by atoms with Crippen LogP contribution in [-0.4, -0.2) is 47.5 Å². The Bertz CT molecular complexity index is 1330. The Kier molecular flexibility index (Phi) is 5.68. The molecule has 2 saturated heterocycles. The number of benzene rings is 1. The van der Waals surface area contributed by atoms with Gasteiger partial charge in [0.05, 0.1) is 16.3 Å². The van der Waals surface area contributed by atoms with Crippen LogP contribution in [-0.2, 0) is 6.54 Å². The number of amides is 2. The number of aromatic nitrogens is 1. The average molecular weight is 489 g/mol. The van der Waals surface area contributed by atoms with E-state index < -0.39 is 0 Å². The Hall–Kier alpha value is -3.39. The molecule has 0 radical (unpaired) electrons. The fourth-order valence-corrected chi connectivity index (χ4v) is 6.45. The number of rotatable bonds is 4. The molecular formula is C27H28N4O3S. The van der Waals surface area contributed by atoms with Crippen LogP contribution in [0.3, 0.4) is 0 Å². The first-order valence-electron chi connectivity index (χ1n) is 12.3. The molecule has 2 amide bonds. The van der Waals surface area contributed by atoms with Gasteiger partial charge in [0.1, 0.15) is 0 Å². The molecular weight excluding hydrogens is 460 g/mol. The quantitative estimate of drug-likeness (QED) is 0.602. The molecule has 2 aromatic heterocycles. The minimum Gasteiger partial charge on any atom is -0.369 e. The van der Waals surface area contributed by atoms with Crippen LogP contribution >= 0.6 is 11.3 Å². The number of carbonyl (C=O) groups excluding carboxylic acids is 2. The molecule has 1 aromatic carbocycles. The number of hydrogen-bond donors (Lipinski definition) is 1.